The number of rotatable bonds is 2. The van der Waals surface area contributed by atoms with Crippen LogP contribution < -0.4 is 10.3 Å². The van der Waals surface area contributed by atoms with Gasteiger partial charge in [-0.2, -0.15) is 0 Å². The van der Waals surface area contributed by atoms with Gasteiger partial charge in [0.05, 0.1) is 34.6 Å². The van der Waals surface area contributed by atoms with Crippen molar-refractivity contribution in [3.05, 3.63) is 58.0 Å². The van der Waals surface area contributed by atoms with Crippen molar-refractivity contribution in [2.45, 2.75) is 18.6 Å². The lowest BCUT2D eigenvalue weighted by Crippen LogP contribution is -2.45. The van der Waals surface area contributed by atoms with Crippen molar-refractivity contribution in [3.8, 4) is 0 Å². The number of hydrogen-bond donors (Lipinski definition) is 1. The zero-order valence-electron chi connectivity index (χ0n) is 17.0. The monoisotopic (exact) mass is 454 g/mol. The van der Waals surface area contributed by atoms with E-state index in [1.54, 1.807) is 4.40 Å². The van der Waals surface area contributed by atoms with E-state index >= 15 is 4.39 Å². The second-order valence-corrected chi connectivity index (χ2v) is 9.17. The third-order valence-electron chi connectivity index (χ3n) is 6.40. The van der Waals surface area contributed by atoms with Crippen LogP contribution in [0.3, 0.4) is 0 Å². The van der Waals surface area contributed by atoms with Gasteiger partial charge in [-0.1, -0.05) is 12.1 Å². The molecule has 1 spiro atoms. The smallest absolute Gasteiger partial charge is 0.342 e. The first kappa shape index (κ1) is 19.7. The number of fused-ring (bicyclic) bond motifs is 5. The van der Waals surface area contributed by atoms with Crippen LogP contribution in [0.4, 0.5) is 10.1 Å². The Kier molecular flexibility index (Phi) is 4.30. The van der Waals surface area contributed by atoms with E-state index in [1.165, 1.54) is 23.5 Å². The highest BCUT2D eigenvalue weighted by Gasteiger charge is 2.40. The molecule has 0 bridgehead atoms. The van der Waals surface area contributed by atoms with Gasteiger partial charge in [0.25, 0.3) is 0 Å². The topological polar surface area (TPSA) is 80.5 Å². The number of para-hydroxylation sites is 1. The molecule has 164 valence electrons. The SMILES string of the molecule is O=C(O)c1c(=O)c2cc(N3CCC4(CC3)OCCO4)c(F)cc2n2c1sc1ccccc12. The van der Waals surface area contributed by atoms with Crippen molar-refractivity contribution in [2.75, 3.05) is 31.2 Å². The van der Waals surface area contributed by atoms with Crippen LogP contribution in [0.15, 0.2) is 41.2 Å². The Morgan fingerprint density at radius 2 is 1.81 bits per heavy atom. The van der Waals surface area contributed by atoms with Gasteiger partial charge < -0.3 is 19.5 Å². The number of nitrogens with zero attached hydrogens (tertiary/aromatic N) is 2. The Morgan fingerprint density at radius 3 is 2.53 bits per heavy atom. The van der Waals surface area contributed by atoms with Crippen molar-refractivity contribution < 1.29 is 23.8 Å². The number of thiazole rings is 1. The molecule has 7 nitrogen and oxygen atoms in total. The fourth-order valence-corrected chi connectivity index (χ4v) is 6.03. The summed E-state index contributed by atoms with van der Waals surface area (Å²) in [6.07, 6.45) is 1.19. The summed E-state index contributed by atoms with van der Waals surface area (Å²) in [5.74, 6) is -2.34. The summed E-state index contributed by atoms with van der Waals surface area (Å²) in [7, 11) is 0. The minimum atomic E-state index is -1.29. The maximum absolute atomic E-state index is 15.4. The number of carboxylic acid groups (broad SMARTS) is 1. The number of pyridine rings is 1. The number of ether oxygens (including phenoxy) is 2. The Morgan fingerprint density at radius 1 is 1.09 bits per heavy atom. The quantitative estimate of drug-likeness (QED) is 0.496. The average molecular weight is 454 g/mol. The van der Waals surface area contributed by atoms with Gasteiger partial charge in [-0.05, 0) is 18.2 Å². The molecule has 2 aliphatic heterocycles. The molecule has 0 saturated carbocycles. The molecule has 6 rings (SSSR count). The van der Waals surface area contributed by atoms with E-state index < -0.39 is 23.0 Å². The van der Waals surface area contributed by atoms with Crippen LogP contribution in [-0.2, 0) is 9.47 Å². The van der Waals surface area contributed by atoms with Gasteiger partial charge in [-0.15, -0.1) is 11.3 Å². The predicted molar refractivity (Wildman–Crippen MR) is 120 cm³/mol. The molecule has 0 unspecified atom stereocenters. The van der Waals surface area contributed by atoms with Gasteiger partial charge in [0.2, 0.25) is 5.43 Å². The number of carbonyl (C=O) groups is 1. The minimum Gasteiger partial charge on any atom is -0.477 e. The number of aromatic carboxylic acids is 1. The zero-order chi connectivity index (χ0) is 22.0. The standard InChI is InChI=1S/C23H19FN2O5S/c24-14-12-16-13(11-17(14)25-7-5-23(6-8-25)30-9-10-31-23)20(27)19(22(28)29)21-26(16)15-3-1-2-4-18(15)32-21/h1-4,11-12H,5-10H2,(H,28,29). The molecule has 4 heterocycles. The molecule has 2 saturated heterocycles. The van der Waals surface area contributed by atoms with Crippen molar-refractivity contribution in [2.24, 2.45) is 0 Å². The van der Waals surface area contributed by atoms with Crippen molar-refractivity contribution in [1.29, 1.82) is 0 Å². The maximum Gasteiger partial charge on any atom is 0.342 e. The molecule has 32 heavy (non-hydrogen) atoms. The average Bonchev–Trinajstić information content (AvgIpc) is 3.39. The molecule has 0 amide bonds. The Labute approximate surface area is 185 Å². The number of hydrogen-bond acceptors (Lipinski definition) is 6. The molecule has 4 aromatic rings. The summed E-state index contributed by atoms with van der Waals surface area (Å²) in [4.78, 5) is 27.4. The third kappa shape index (κ3) is 2.78. The first-order valence-corrected chi connectivity index (χ1v) is 11.2. The van der Waals surface area contributed by atoms with Gasteiger partial charge in [-0.25, -0.2) is 9.18 Å². The highest BCUT2D eigenvalue weighted by Crippen LogP contribution is 2.36. The number of carboxylic acids is 1. The van der Waals surface area contributed by atoms with Gasteiger partial charge >= 0.3 is 5.97 Å². The summed E-state index contributed by atoms with van der Waals surface area (Å²) in [5, 5.41) is 10.0. The molecule has 0 aliphatic carbocycles. The highest BCUT2D eigenvalue weighted by atomic mass is 32.1. The summed E-state index contributed by atoms with van der Waals surface area (Å²) in [6.45, 7) is 2.14. The number of halogens is 1. The lowest BCUT2D eigenvalue weighted by Gasteiger charge is -2.38. The first-order valence-electron chi connectivity index (χ1n) is 10.4. The van der Waals surface area contributed by atoms with E-state index in [0.717, 1.165) is 10.2 Å². The third-order valence-corrected chi connectivity index (χ3v) is 7.55. The van der Waals surface area contributed by atoms with Crippen LogP contribution in [0.25, 0.3) is 25.9 Å². The zero-order valence-corrected chi connectivity index (χ0v) is 17.8. The van der Waals surface area contributed by atoms with Crippen LogP contribution in [0, 0.1) is 5.82 Å². The fraction of sp³-hybridized carbons (Fsp3) is 0.304. The van der Waals surface area contributed by atoms with Crippen LogP contribution in [-0.4, -0.2) is 47.6 Å². The second-order valence-electron chi connectivity index (χ2n) is 8.14. The van der Waals surface area contributed by atoms with E-state index in [9.17, 15) is 14.7 Å². The lowest BCUT2D eigenvalue weighted by molar-refractivity contribution is -0.169. The Hall–Kier alpha value is -3.01. The molecule has 2 aromatic heterocycles. The van der Waals surface area contributed by atoms with Gasteiger partial charge in [0, 0.05) is 37.4 Å². The fourth-order valence-electron chi connectivity index (χ4n) is 4.84. The molecule has 1 N–H and O–H groups in total. The largest absolute Gasteiger partial charge is 0.477 e. The van der Waals surface area contributed by atoms with Gasteiger partial charge in [-0.3, -0.25) is 9.20 Å². The van der Waals surface area contributed by atoms with Crippen LogP contribution in [0.2, 0.25) is 0 Å². The Balaban J connectivity index is 1.56. The molecule has 2 aliphatic rings. The lowest BCUT2D eigenvalue weighted by atomic mass is 10.0. The van der Waals surface area contributed by atoms with Gasteiger partial charge in [0.1, 0.15) is 16.2 Å². The molecule has 0 atom stereocenters. The van der Waals surface area contributed by atoms with E-state index in [2.05, 4.69) is 0 Å². The normalized spacial score (nSPS) is 18.3. The molecular formula is C23H19FN2O5S. The van der Waals surface area contributed by atoms with Crippen molar-refractivity contribution in [1.82, 2.24) is 4.40 Å². The second kappa shape index (κ2) is 6.99. The maximum atomic E-state index is 15.4. The molecule has 2 aromatic carbocycles. The molecule has 2 fully saturated rings. The number of aromatic nitrogens is 1. The summed E-state index contributed by atoms with van der Waals surface area (Å²) < 4.78 is 29.4. The number of piperidine rings is 1. The minimum absolute atomic E-state index is 0.188. The van der Waals surface area contributed by atoms with E-state index in [1.807, 2.05) is 29.2 Å². The number of benzene rings is 2. The van der Waals surface area contributed by atoms with Crippen LogP contribution in [0.5, 0.6) is 0 Å². The molecule has 0 radical (unpaired) electrons. The molecule has 9 heteroatoms. The predicted octanol–water partition coefficient (Wildman–Crippen LogP) is 3.85. The summed E-state index contributed by atoms with van der Waals surface area (Å²) >= 11 is 1.22. The van der Waals surface area contributed by atoms with Gasteiger partial charge in [0.15, 0.2) is 5.79 Å². The van der Waals surface area contributed by atoms with E-state index in [4.69, 9.17) is 9.47 Å². The highest BCUT2D eigenvalue weighted by molar-refractivity contribution is 7.24. The van der Waals surface area contributed by atoms with E-state index in [-0.39, 0.29) is 10.9 Å². The van der Waals surface area contributed by atoms with Crippen LogP contribution >= 0.6 is 11.3 Å². The van der Waals surface area contributed by atoms with Crippen molar-refractivity contribution in [3.63, 3.8) is 0 Å². The first-order chi connectivity index (χ1) is 15.5. The Bertz CT molecular complexity index is 1460. The summed E-state index contributed by atoms with van der Waals surface area (Å²) in [6, 6.07) is 10.2. The number of anilines is 1. The molecular weight excluding hydrogens is 435 g/mol. The van der Waals surface area contributed by atoms with Crippen LogP contribution in [0.1, 0.15) is 23.2 Å². The summed E-state index contributed by atoms with van der Waals surface area (Å²) in [5.41, 5.74) is 0.503. The van der Waals surface area contributed by atoms with E-state index in [0.29, 0.717) is 55.2 Å². The van der Waals surface area contributed by atoms with Crippen molar-refractivity contribution >= 4 is 48.9 Å².